The largest absolute Gasteiger partial charge is 0.508 e. The van der Waals surface area contributed by atoms with Crippen LogP contribution in [-0.2, 0) is 0 Å². The molecule has 31 heavy (non-hydrogen) atoms. The fourth-order valence-electron chi connectivity index (χ4n) is 3.10. The summed E-state index contributed by atoms with van der Waals surface area (Å²) < 4.78 is 5.43. The number of anilines is 2. The van der Waals surface area contributed by atoms with Crippen LogP contribution in [0.4, 0.5) is 11.4 Å². The molecule has 2 rings (SSSR count). The van der Waals surface area contributed by atoms with Gasteiger partial charge in [-0.05, 0) is 54.4 Å². The van der Waals surface area contributed by atoms with Gasteiger partial charge in [0, 0.05) is 25.3 Å². The molecule has 0 radical (unpaired) electrons. The summed E-state index contributed by atoms with van der Waals surface area (Å²) in [5, 5.41) is 23.1. The molecular formula is C22H30N4O4S. The van der Waals surface area contributed by atoms with Crippen molar-refractivity contribution in [2.24, 2.45) is 0 Å². The molecule has 0 bridgehead atoms. The van der Waals surface area contributed by atoms with Gasteiger partial charge in [-0.25, -0.2) is 0 Å². The van der Waals surface area contributed by atoms with E-state index in [2.05, 4.69) is 28.0 Å². The van der Waals surface area contributed by atoms with Crippen LogP contribution in [-0.4, -0.2) is 41.9 Å². The lowest BCUT2D eigenvalue weighted by atomic mass is 9.98. The van der Waals surface area contributed by atoms with Crippen molar-refractivity contribution < 1.29 is 19.7 Å². The standard InChI is InChI=1S/C22H30N4O4S/c1-6-9-26(4)17-10-14(7-8-20(17)30-5)23-22(31)25-24-21(29)16-11-15(13(2)3)18(27)12-19(16)28/h7-8,10-13,27-28H,6,9H2,1-5H3,(H,24,29)(H2,23,25,31). The van der Waals surface area contributed by atoms with Crippen LogP contribution in [0.3, 0.4) is 0 Å². The Labute approximate surface area is 188 Å². The number of rotatable bonds is 7. The third-order valence-corrected chi connectivity index (χ3v) is 4.91. The zero-order valence-corrected chi connectivity index (χ0v) is 19.3. The highest BCUT2D eigenvalue weighted by Gasteiger charge is 2.17. The second kappa shape index (κ2) is 10.7. The predicted molar refractivity (Wildman–Crippen MR) is 127 cm³/mol. The van der Waals surface area contributed by atoms with Crippen LogP contribution in [0.2, 0.25) is 0 Å². The Kier molecular flexibility index (Phi) is 8.32. The molecule has 2 aromatic carbocycles. The maximum Gasteiger partial charge on any atom is 0.273 e. The predicted octanol–water partition coefficient (Wildman–Crippen LogP) is 3.71. The normalized spacial score (nSPS) is 10.5. The summed E-state index contributed by atoms with van der Waals surface area (Å²) in [5.74, 6) is -0.228. The average Bonchev–Trinajstić information content (AvgIpc) is 2.72. The fourth-order valence-corrected chi connectivity index (χ4v) is 3.27. The minimum Gasteiger partial charge on any atom is -0.508 e. The fraction of sp³-hybridized carbons (Fsp3) is 0.364. The molecule has 0 aliphatic rings. The van der Waals surface area contributed by atoms with E-state index in [1.54, 1.807) is 7.11 Å². The van der Waals surface area contributed by atoms with Crippen molar-refractivity contribution in [2.75, 3.05) is 30.9 Å². The van der Waals surface area contributed by atoms with Gasteiger partial charge in [-0.2, -0.15) is 0 Å². The molecule has 168 valence electrons. The number of phenols is 2. The molecule has 2 aromatic rings. The third kappa shape index (κ3) is 6.14. The molecule has 8 nitrogen and oxygen atoms in total. The highest BCUT2D eigenvalue weighted by Crippen LogP contribution is 2.32. The smallest absolute Gasteiger partial charge is 0.273 e. The molecule has 0 aliphatic heterocycles. The van der Waals surface area contributed by atoms with Gasteiger partial charge in [0.1, 0.15) is 17.2 Å². The number of nitrogens with one attached hydrogen (secondary N) is 3. The molecule has 0 unspecified atom stereocenters. The summed E-state index contributed by atoms with van der Waals surface area (Å²) in [6, 6.07) is 8.19. The van der Waals surface area contributed by atoms with E-state index in [4.69, 9.17) is 17.0 Å². The summed E-state index contributed by atoms with van der Waals surface area (Å²) in [6.45, 7) is 6.73. The number of carbonyl (C=O) groups is 1. The number of hydrogen-bond acceptors (Lipinski definition) is 6. The first-order chi connectivity index (χ1) is 14.7. The number of hydrogen-bond donors (Lipinski definition) is 5. The van der Waals surface area contributed by atoms with E-state index < -0.39 is 5.91 Å². The minimum atomic E-state index is -0.582. The Morgan fingerprint density at radius 3 is 2.48 bits per heavy atom. The number of phenolic OH excluding ortho intramolecular Hbond substituents is 2. The Morgan fingerprint density at radius 2 is 1.87 bits per heavy atom. The average molecular weight is 447 g/mol. The number of hydrazine groups is 1. The maximum atomic E-state index is 12.5. The van der Waals surface area contributed by atoms with E-state index in [-0.39, 0.29) is 28.1 Å². The van der Waals surface area contributed by atoms with E-state index >= 15 is 0 Å². The number of ether oxygens (including phenoxy) is 1. The quantitative estimate of drug-likeness (QED) is 0.324. The van der Waals surface area contributed by atoms with E-state index in [1.165, 1.54) is 6.07 Å². The molecule has 0 atom stereocenters. The third-order valence-electron chi connectivity index (χ3n) is 4.71. The van der Waals surface area contributed by atoms with Gasteiger partial charge in [-0.3, -0.25) is 15.6 Å². The van der Waals surface area contributed by atoms with Crippen molar-refractivity contribution in [1.82, 2.24) is 10.9 Å². The lowest BCUT2D eigenvalue weighted by Gasteiger charge is -2.22. The molecule has 0 aliphatic carbocycles. The Bertz CT molecular complexity index is 949. The lowest BCUT2D eigenvalue weighted by molar-refractivity contribution is 0.0941. The highest BCUT2D eigenvalue weighted by atomic mass is 32.1. The first-order valence-corrected chi connectivity index (χ1v) is 10.4. The van der Waals surface area contributed by atoms with Crippen LogP contribution in [0, 0.1) is 0 Å². The van der Waals surface area contributed by atoms with E-state index in [0.29, 0.717) is 5.56 Å². The molecule has 0 aromatic heterocycles. The van der Waals surface area contributed by atoms with Crippen LogP contribution in [0.15, 0.2) is 30.3 Å². The molecule has 5 N–H and O–H groups in total. The zero-order chi connectivity index (χ0) is 23.1. The second-order valence-electron chi connectivity index (χ2n) is 7.42. The van der Waals surface area contributed by atoms with Crippen molar-refractivity contribution in [1.29, 1.82) is 0 Å². The molecule has 0 spiro atoms. The number of carbonyl (C=O) groups excluding carboxylic acids is 1. The van der Waals surface area contributed by atoms with Crippen molar-refractivity contribution in [3.63, 3.8) is 0 Å². The molecule has 1 amide bonds. The van der Waals surface area contributed by atoms with Crippen molar-refractivity contribution in [3.8, 4) is 17.2 Å². The molecule has 9 heteroatoms. The van der Waals surface area contributed by atoms with E-state index in [1.807, 2.05) is 39.1 Å². The van der Waals surface area contributed by atoms with Crippen LogP contribution in [0.1, 0.15) is 49.0 Å². The number of benzene rings is 2. The second-order valence-corrected chi connectivity index (χ2v) is 7.83. The van der Waals surface area contributed by atoms with Gasteiger partial charge in [0.05, 0.1) is 18.4 Å². The first kappa shape index (κ1) is 24.1. The van der Waals surface area contributed by atoms with Gasteiger partial charge in [0.25, 0.3) is 5.91 Å². The van der Waals surface area contributed by atoms with Crippen molar-refractivity contribution >= 4 is 34.6 Å². The molecular weight excluding hydrogens is 416 g/mol. The summed E-state index contributed by atoms with van der Waals surface area (Å²) in [4.78, 5) is 14.6. The van der Waals surface area contributed by atoms with Crippen LogP contribution in [0.5, 0.6) is 17.2 Å². The Morgan fingerprint density at radius 1 is 1.16 bits per heavy atom. The zero-order valence-electron chi connectivity index (χ0n) is 18.4. The monoisotopic (exact) mass is 446 g/mol. The maximum absolute atomic E-state index is 12.5. The number of nitrogens with zero attached hydrogens (tertiary/aromatic N) is 1. The molecule has 0 saturated heterocycles. The summed E-state index contributed by atoms with van der Waals surface area (Å²) >= 11 is 5.26. The molecule has 0 heterocycles. The number of methoxy groups -OCH3 is 1. The molecule has 0 fully saturated rings. The van der Waals surface area contributed by atoms with E-state index in [9.17, 15) is 15.0 Å². The van der Waals surface area contributed by atoms with Gasteiger partial charge >= 0.3 is 0 Å². The molecule has 0 saturated carbocycles. The topological polar surface area (TPSA) is 106 Å². The van der Waals surface area contributed by atoms with Crippen LogP contribution in [0.25, 0.3) is 0 Å². The Balaban J connectivity index is 2.06. The van der Waals surface area contributed by atoms with Crippen molar-refractivity contribution in [2.45, 2.75) is 33.1 Å². The highest BCUT2D eigenvalue weighted by molar-refractivity contribution is 7.80. The van der Waals surface area contributed by atoms with Crippen LogP contribution >= 0.6 is 12.2 Å². The first-order valence-electron chi connectivity index (χ1n) is 10.00. The SMILES string of the molecule is CCCN(C)c1cc(NC(=S)NNC(=O)c2cc(C(C)C)c(O)cc2O)ccc1OC. The Hall–Kier alpha value is -3.20. The van der Waals surface area contributed by atoms with Gasteiger partial charge in [0.15, 0.2) is 5.11 Å². The van der Waals surface area contributed by atoms with Crippen LogP contribution < -0.4 is 25.8 Å². The van der Waals surface area contributed by atoms with Gasteiger partial charge in [0.2, 0.25) is 0 Å². The van der Waals surface area contributed by atoms with Gasteiger partial charge in [-0.1, -0.05) is 20.8 Å². The number of aromatic hydroxyl groups is 2. The van der Waals surface area contributed by atoms with Crippen molar-refractivity contribution in [3.05, 3.63) is 41.5 Å². The number of thiocarbonyl (C=S) groups is 1. The summed E-state index contributed by atoms with van der Waals surface area (Å²) in [6.07, 6.45) is 0.992. The summed E-state index contributed by atoms with van der Waals surface area (Å²) in [5.41, 5.74) is 7.31. The minimum absolute atomic E-state index is 0.0158. The number of amides is 1. The van der Waals surface area contributed by atoms with Gasteiger partial charge in [-0.15, -0.1) is 0 Å². The summed E-state index contributed by atoms with van der Waals surface area (Å²) in [7, 11) is 3.61. The lowest BCUT2D eigenvalue weighted by Crippen LogP contribution is -2.43. The van der Waals surface area contributed by atoms with Gasteiger partial charge < -0.3 is 25.2 Å². The van der Waals surface area contributed by atoms with E-state index in [0.717, 1.165) is 36.2 Å².